The van der Waals surface area contributed by atoms with Gasteiger partial charge in [0.05, 0.1) is 24.0 Å². The van der Waals surface area contributed by atoms with Gasteiger partial charge < -0.3 is 4.98 Å². The Morgan fingerprint density at radius 3 is 2.62 bits per heavy atom. The molecule has 0 atom stereocenters. The van der Waals surface area contributed by atoms with Crippen molar-refractivity contribution in [2.75, 3.05) is 10.5 Å². The van der Waals surface area contributed by atoms with Crippen LogP contribution in [-0.2, 0) is 16.4 Å². The molecule has 124 valence electrons. The van der Waals surface area contributed by atoms with E-state index in [1.807, 2.05) is 42.5 Å². The highest BCUT2D eigenvalue weighted by molar-refractivity contribution is 7.92. The average molecular weight is 341 g/mol. The summed E-state index contributed by atoms with van der Waals surface area (Å²) in [4.78, 5) is 6.99. The Kier molecular flexibility index (Phi) is 4.96. The third-order valence-corrected chi connectivity index (χ3v) is 5.04. The molecule has 0 aliphatic heterocycles. The first kappa shape index (κ1) is 16.3. The van der Waals surface area contributed by atoms with Gasteiger partial charge in [0.1, 0.15) is 0 Å². The number of aromatic amines is 1. The van der Waals surface area contributed by atoms with Crippen LogP contribution in [-0.4, -0.2) is 24.1 Å². The lowest BCUT2D eigenvalue weighted by Crippen LogP contribution is -2.17. The van der Waals surface area contributed by atoms with Crippen molar-refractivity contribution in [1.29, 1.82) is 0 Å². The van der Waals surface area contributed by atoms with Gasteiger partial charge in [0, 0.05) is 11.3 Å². The predicted octanol–water partition coefficient (Wildman–Crippen LogP) is 3.45. The highest BCUT2D eigenvalue weighted by atomic mass is 32.2. The predicted molar refractivity (Wildman–Crippen MR) is 96.2 cm³/mol. The van der Waals surface area contributed by atoms with Crippen LogP contribution in [0.25, 0.3) is 11.3 Å². The molecule has 1 heterocycles. The molecule has 3 rings (SSSR count). The molecule has 5 nitrogen and oxygen atoms in total. The van der Waals surface area contributed by atoms with Crippen LogP contribution in [0.2, 0.25) is 0 Å². The molecule has 0 radical (unpaired) electrons. The minimum atomic E-state index is -3.37. The summed E-state index contributed by atoms with van der Waals surface area (Å²) in [6.45, 7) is 0. The molecule has 0 saturated carbocycles. The van der Waals surface area contributed by atoms with E-state index >= 15 is 0 Å². The van der Waals surface area contributed by atoms with Crippen molar-refractivity contribution in [2.45, 2.75) is 12.8 Å². The van der Waals surface area contributed by atoms with Crippen LogP contribution in [0.1, 0.15) is 12.0 Å². The van der Waals surface area contributed by atoms with E-state index in [9.17, 15) is 8.42 Å². The van der Waals surface area contributed by atoms with E-state index in [-0.39, 0.29) is 5.75 Å². The van der Waals surface area contributed by atoms with Crippen LogP contribution in [0.15, 0.2) is 67.1 Å². The summed E-state index contributed by atoms with van der Waals surface area (Å²) in [6, 6.07) is 17.2. The van der Waals surface area contributed by atoms with Crippen molar-refractivity contribution >= 4 is 15.7 Å². The molecule has 0 bridgehead atoms. The Morgan fingerprint density at radius 1 is 1.04 bits per heavy atom. The van der Waals surface area contributed by atoms with Crippen LogP contribution in [0.4, 0.5) is 5.69 Å². The van der Waals surface area contributed by atoms with Gasteiger partial charge in [-0.25, -0.2) is 13.4 Å². The van der Waals surface area contributed by atoms with E-state index in [0.717, 1.165) is 23.2 Å². The Morgan fingerprint density at radius 2 is 1.88 bits per heavy atom. The summed E-state index contributed by atoms with van der Waals surface area (Å²) >= 11 is 0. The number of aryl methyl sites for hydroxylation is 1. The zero-order valence-electron chi connectivity index (χ0n) is 13.1. The third-order valence-electron chi connectivity index (χ3n) is 3.67. The number of hydrogen-bond acceptors (Lipinski definition) is 3. The first-order valence-electron chi connectivity index (χ1n) is 7.76. The normalized spacial score (nSPS) is 11.3. The fraction of sp³-hybridized carbons (Fsp3) is 0.167. The Bertz CT molecular complexity index is 876. The highest BCUT2D eigenvalue weighted by Crippen LogP contribution is 2.21. The Hall–Kier alpha value is -2.60. The minimum Gasteiger partial charge on any atom is -0.345 e. The number of benzene rings is 2. The molecule has 2 N–H and O–H groups in total. The fourth-order valence-corrected chi connectivity index (χ4v) is 3.62. The molecule has 1 aromatic heterocycles. The lowest BCUT2D eigenvalue weighted by atomic mass is 10.1. The van der Waals surface area contributed by atoms with E-state index in [4.69, 9.17) is 0 Å². The SMILES string of the molecule is O=S(=O)(CCCc1ccccc1)Nc1cccc(-c2cnc[nH]2)c1. The van der Waals surface area contributed by atoms with Crippen LogP contribution in [0.5, 0.6) is 0 Å². The number of sulfonamides is 1. The monoisotopic (exact) mass is 341 g/mol. The number of nitrogens with one attached hydrogen (secondary N) is 2. The van der Waals surface area contributed by atoms with Gasteiger partial charge >= 0.3 is 0 Å². The molecular formula is C18H19N3O2S. The minimum absolute atomic E-state index is 0.0934. The maximum Gasteiger partial charge on any atom is 0.232 e. The largest absolute Gasteiger partial charge is 0.345 e. The van der Waals surface area contributed by atoms with Gasteiger partial charge in [0.25, 0.3) is 0 Å². The van der Waals surface area contributed by atoms with Gasteiger partial charge in [-0.05, 0) is 30.5 Å². The first-order chi connectivity index (χ1) is 11.6. The van der Waals surface area contributed by atoms with Crippen molar-refractivity contribution in [2.24, 2.45) is 0 Å². The fourth-order valence-electron chi connectivity index (χ4n) is 2.51. The van der Waals surface area contributed by atoms with Gasteiger partial charge in [-0.1, -0.05) is 42.5 Å². The van der Waals surface area contributed by atoms with Crippen LogP contribution in [0.3, 0.4) is 0 Å². The van der Waals surface area contributed by atoms with Gasteiger partial charge in [-0.2, -0.15) is 0 Å². The topological polar surface area (TPSA) is 74.8 Å². The smallest absolute Gasteiger partial charge is 0.232 e. The summed E-state index contributed by atoms with van der Waals surface area (Å²) in [5.74, 6) is 0.0934. The second-order valence-electron chi connectivity index (χ2n) is 5.56. The molecule has 2 aromatic carbocycles. The Balaban J connectivity index is 1.61. The number of nitrogens with zero attached hydrogens (tertiary/aromatic N) is 1. The zero-order chi connectivity index (χ0) is 16.8. The number of rotatable bonds is 7. The molecule has 0 saturated heterocycles. The second-order valence-corrected chi connectivity index (χ2v) is 7.40. The van der Waals surface area contributed by atoms with Crippen molar-refractivity contribution in [3.05, 3.63) is 72.7 Å². The van der Waals surface area contributed by atoms with E-state index in [2.05, 4.69) is 14.7 Å². The molecule has 0 spiro atoms. The molecule has 24 heavy (non-hydrogen) atoms. The van der Waals surface area contributed by atoms with E-state index in [1.54, 1.807) is 24.7 Å². The van der Waals surface area contributed by atoms with Crippen molar-refractivity contribution < 1.29 is 8.42 Å². The maximum absolute atomic E-state index is 12.3. The summed E-state index contributed by atoms with van der Waals surface area (Å²) in [7, 11) is -3.37. The summed E-state index contributed by atoms with van der Waals surface area (Å²) in [6.07, 6.45) is 4.62. The van der Waals surface area contributed by atoms with Gasteiger partial charge in [-0.3, -0.25) is 4.72 Å². The average Bonchev–Trinajstić information content (AvgIpc) is 3.10. The molecule has 0 fully saturated rings. The van der Waals surface area contributed by atoms with Crippen molar-refractivity contribution in [1.82, 2.24) is 9.97 Å². The van der Waals surface area contributed by atoms with Gasteiger partial charge in [0.2, 0.25) is 10.0 Å². The van der Waals surface area contributed by atoms with E-state index in [0.29, 0.717) is 12.1 Å². The molecule has 6 heteroatoms. The number of H-pyrrole nitrogens is 1. The van der Waals surface area contributed by atoms with E-state index in [1.165, 1.54) is 0 Å². The van der Waals surface area contributed by atoms with Crippen molar-refractivity contribution in [3.63, 3.8) is 0 Å². The quantitative estimate of drug-likeness (QED) is 0.691. The van der Waals surface area contributed by atoms with Gasteiger partial charge in [-0.15, -0.1) is 0 Å². The molecule has 3 aromatic rings. The second kappa shape index (κ2) is 7.31. The third kappa shape index (κ3) is 4.45. The first-order valence-corrected chi connectivity index (χ1v) is 9.41. The number of aromatic nitrogens is 2. The zero-order valence-corrected chi connectivity index (χ0v) is 14.0. The summed E-state index contributed by atoms with van der Waals surface area (Å²) in [5, 5.41) is 0. The van der Waals surface area contributed by atoms with Crippen LogP contribution < -0.4 is 4.72 Å². The molecule has 0 aliphatic carbocycles. The molecule has 0 aliphatic rings. The van der Waals surface area contributed by atoms with Crippen LogP contribution in [0, 0.1) is 0 Å². The molecule has 0 amide bonds. The molecule has 0 unspecified atom stereocenters. The lowest BCUT2D eigenvalue weighted by Gasteiger charge is -2.09. The summed E-state index contributed by atoms with van der Waals surface area (Å²) in [5.41, 5.74) is 3.44. The Labute approximate surface area is 141 Å². The van der Waals surface area contributed by atoms with Gasteiger partial charge in [0.15, 0.2) is 0 Å². The standard InChI is InChI=1S/C18H19N3O2S/c22-24(23,11-5-8-15-6-2-1-3-7-15)21-17-10-4-9-16(12-17)18-13-19-14-20-18/h1-4,6-7,9-10,12-14,21H,5,8,11H2,(H,19,20). The van der Waals surface area contributed by atoms with Crippen LogP contribution >= 0.6 is 0 Å². The maximum atomic E-state index is 12.3. The highest BCUT2D eigenvalue weighted by Gasteiger charge is 2.11. The lowest BCUT2D eigenvalue weighted by molar-refractivity contribution is 0.598. The number of anilines is 1. The molecular weight excluding hydrogens is 322 g/mol. The van der Waals surface area contributed by atoms with E-state index < -0.39 is 10.0 Å². The number of hydrogen-bond donors (Lipinski definition) is 2. The summed E-state index contributed by atoms with van der Waals surface area (Å²) < 4.78 is 27.2. The number of imidazole rings is 1. The van der Waals surface area contributed by atoms with Crippen molar-refractivity contribution in [3.8, 4) is 11.3 Å².